The van der Waals surface area contributed by atoms with E-state index in [1.54, 1.807) is 6.92 Å². The molecule has 10 heteroatoms. The van der Waals surface area contributed by atoms with Crippen molar-refractivity contribution in [1.29, 1.82) is 0 Å². The van der Waals surface area contributed by atoms with Crippen LogP contribution in [0.3, 0.4) is 0 Å². The molecule has 0 fully saturated rings. The summed E-state index contributed by atoms with van der Waals surface area (Å²) in [5.41, 5.74) is 0.0389. The number of nitro groups is 1. The van der Waals surface area contributed by atoms with Crippen LogP contribution in [0, 0.1) is 10.1 Å². The van der Waals surface area contributed by atoms with Crippen LogP contribution in [0.4, 0.5) is 17.1 Å². The predicted molar refractivity (Wildman–Crippen MR) is 90.6 cm³/mol. The molecule has 0 aliphatic rings. The number of rotatable bonds is 10. The lowest BCUT2D eigenvalue weighted by atomic mass is 10.1. The summed E-state index contributed by atoms with van der Waals surface area (Å²) < 4.78 is 28.3. The molecule has 24 heavy (non-hydrogen) atoms. The summed E-state index contributed by atoms with van der Waals surface area (Å²) >= 11 is 0. The van der Waals surface area contributed by atoms with Crippen LogP contribution < -0.4 is 10.0 Å². The molecule has 0 aliphatic carbocycles. The van der Waals surface area contributed by atoms with Crippen molar-refractivity contribution in [2.75, 3.05) is 16.6 Å². The topological polar surface area (TPSA) is 128 Å². The van der Waals surface area contributed by atoms with Crippen LogP contribution in [-0.4, -0.2) is 32.0 Å². The van der Waals surface area contributed by atoms with E-state index in [0.29, 0.717) is 6.42 Å². The van der Waals surface area contributed by atoms with Crippen LogP contribution in [-0.2, 0) is 20.4 Å². The van der Waals surface area contributed by atoms with Gasteiger partial charge in [0.1, 0.15) is 5.69 Å². The first-order chi connectivity index (χ1) is 11.4. The maximum atomic E-state index is 11.6. The lowest BCUT2D eigenvalue weighted by Crippen LogP contribution is -2.24. The fourth-order valence-corrected chi connectivity index (χ4v) is 2.54. The Morgan fingerprint density at radius 3 is 2.62 bits per heavy atom. The van der Waals surface area contributed by atoms with Crippen molar-refractivity contribution in [1.82, 2.24) is 0 Å². The molecule has 1 atom stereocenters. The summed E-state index contributed by atoms with van der Waals surface area (Å²) in [6, 6.07) is 3.63. The molecular weight excluding hydrogens is 338 g/mol. The third-order valence-electron chi connectivity index (χ3n) is 3.13. The molecule has 0 aromatic heterocycles. The van der Waals surface area contributed by atoms with Crippen LogP contribution in [0.15, 0.2) is 18.2 Å². The standard InChI is InChI=1S/C14H21N3O6S/c1-3-5-10(9-14(18)23-4-2)15-12-7-6-11(16-24(21)22)8-13(12)17(19)20/h6-8,10,15,24H,3-5,9H2,1-2H3,(H,16,21,22). The average molecular weight is 359 g/mol. The van der Waals surface area contributed by atoms with Crippen molar-refractivity contribution >= 4 is 33.9 Å². The zero-order chi connectivity index (χ0) is 18.1. The van der Waals surface area contributed by atoms with E-state index < -0.39 is 15.8 Å². The number of hydrogen-bond donors (Lipinski definition) is 3. The number of ether oxygens (including phenoxy) is 1. The Morgan fingerprint density at radius 1 is 1.38 bits per heavy atom. The Labute approximate surface area is 141 Å². The van der Waals surface area contributed by atoms with Gasteiger partial charge in [-0.2, -0.15) is 0 Å². The van der Waals surface area contributed by atoms with Crippen molar-refractivity contribution in [2.45, 2.75) is 39.2 Å². The quantitative estimate of drug-likeness (QED) is 0.252. The number of nitro benzene ring substituents is 1. The van der Waals surface area contributed by atoms with Gasteiger partial charge in [-0.15, -0.1) is 0 Å². The van der Waals surface area contributed by atoms with E-state index >= 15 is 0 Å². The molecule has 1 rings (SSSR count). The Kier molecular flexibility index (Phi) is 7.96. The summed E-state index contributed by atoms with van der Waals surface area (Å²) in [6.07, 6.45) is 1.49. The molecule has 1 aromatic carbocycles. The molecule has 0 saturated carbocycles. The van der Waals surface area contributed by atoms with Crippen molar-refractivity contribution in [3.05, 3.63) is 28.3 Å². The molecule has 0 spiro atoms. The van der Waals surface area contributed by atoms with Crippen molar-refractivity contribution < 1.29 is 22.9 Å². The summed E-state index contributed by atoms with van der Waals surface area (Å²) in [7, 11) is -2.91. The van der Waals surface area contributed by atoms with Crippen LogP contribution in [0.1, 0.15) is 33.1 Å². The summed E-state index contributed by atoms with van der Waals surface area (Å²) in [4.78, 5) is 22.2. The molecule has 1 unspecified atom stereocenters. The minimum absolute atomic E-state index is 0.0885. The predicted octanol–water partition coefficient (Wildman–Crippen LogP) is 2.07. The van der Waals surface area contributed by atoms with Crippen molar-refractivity contribution in [3.8, 4) is 0 Å². The van der Waals surface area contributed by atoms with Crippen LogP contribution in [0.2, 0.25) is 0 Å². The van der Waals surface area contributed by atoms with E-state index in [9.17, 15) is 23.3 Å². The van der Waals surface area contributed by atoms with Gasteiger partial charge in [0.05, 0.1) is 23.6 Å². The van der Waals surface area contributed by atoms with Crippen LogP contribution >= 0.6 is 0 Å². The molecule has 134 valence electrons. The number of carbonyl (C=O) groups is 1. The monoisotopic (exact) mass is 359 g/mol. The Balaban J connectivity index is 3.00. The molecule has 0 heterocycles. The minimum Gasteiger partial charge on any atom is -0.466 e. The van der Waals surface area contributed by atoms with E-state index in [2.05, 4.69) is 10.0 Å². The molecule has 0 bridgehead atoms. The summed E-state index contributed by atoms with van der Waals surface area (Å²) in [5.74, 6) is -0.382. The smallest absolute Gasteiger partial charge is 0.307 e. The molecule has 0 aliphatic heterocycles. The Morgan fingerprint density at radius 2 is 2.08 bits per heavy atom. The Hall–Kier alpha value is -2.36. The molecule has 9 nitrogen and oxygen atoms in total. The number of benzene rings is 1. The second-order valence-electron chi connectivity index (χ2n) is 5.00. The normalized spacial score (nSPS) is 11.8. The van der Waals surface area contributed by atoms with E-state index in [-0.39, 0.29) is 42.1 Å². The van der Waals surface area contributed by atoms with Crippen LogP contribution in [0.5, 0.6) is 0 Å². The average Bonchev–Trinajstić information content (AvgIpc) is 2.48. The van der Waals surface area contributed by atoms with E-state index in [0.717, 1.165) is 12.5 Å². The number of nitrogens with zero attached hydrogens (tertiary/aromatic N) is 1. The largest absolute Gasteiger partial charge is 0.466 e. The van der Waals surface area contributed by atoms with Gasteiger partial charge in [0.25, 0.3) is 5.69 Å². The maximum Gasteiger partial charge on any atom is 0.307 e. The van der Waals surface area contributed by atoms with E-state index in [1.807, 2.05) is 6.92 Å². The van der Waals surface area contributed by atoms with E-state index in [4.69, 9.17) is 4.74 Å². The second kappa shape index (κ2) is 9.71. The molecule has 0 saturated heterocycles. The van der Waals surface area contributed by atoms with Gasteiger partial charge in [0.2, 0.25) is 10.9 Å². The zero-order valence-electron chi connectivity index (χ0n) is 13.5. The highest BCUT2D eigenvalue weighted by Crippen LogP contribution is 2.29. The highest BCUT2D eigenvalue weighted by molar-refractivity contribution is 7.73. The number of esters is 1. The molecule has 2 N–H and O–H groups in total. The van der Waals surface area contributed by atoms with Gasteiger partial charge in [0.15, 0.2) is 0 Å². The first-order valence-corrected chi connectivity index (χ1v) is 8.66. The fraction of sp³-hybridized carbons (Fsp3) is 0.500. The minimum atomic E-state index is -2.91. The fourth-order valence-electron chi connectivity index (χ4n) is 2.19. The van der Waals surface area contributed by atoms with Gasteiger partial charge in [-0.3, -0.25) is 19.6 Å². The van der Waals surface area contributed by atoms with Gasteiger partial charge in [-0.05, 0) is 25.5 Å². The number of hydrogen-bond acceptors (Lipinski definition) is 7. The number of nitrogens with one attached hydrogen (secondary N) is 2. The van der Waals surface area contributed by atoms with Gasteiger partial charge in [0, 0.05) is 12.1 Å². The third-order valence-corrected chi connectivity index (χ3v) is 3.57. The van der Waals surface area contributed by atoms with E-state index in [1.165, 1.54) is 12.1 Å². The van der Waals surface area contributed by atoms with Gasteiger partial charge < -0.3 is 10.1 Å². The summed E-state index contributed by atoms with van der Waals surface area (Å²) in [6.45, 7) is 3.91. The first-order valence-electron chi connectivity index (χ1n) is 7.49. The maximum absolute atomic E-state index is 11.6. The zero-order valence-corrected chi connectivity index (χ0v) is 14.4. The number of carbonyl (C=O) groups excluding carboxylic acids is 1. The number of anilines is 2. The van der Waals surface area contributed by atoms with Gasteiger partial charge in [-0.1, -0.05) is 13.3 Å². The highest BCUT2D eigenvalue weighted by Gasteiger charge is 2.20. The number of thiol groups is 1. The highest BCUT2D eigenvalue weighted by atomic mass is 32.2. The second-order valence-corrected chi connectivity index (χ2v) is 5.73. The van der Waals surface area contributed by atoms with Gasteiger partial charge in [-0.25, -0.2) is 8.42 Å². The lowest BCUT2D eigenvalue weighted by molar-refractivity contribution is -0.383. The molecule has 0 radical (unpaired) electrons. The van der Waals surface area contributed by atoms with Crippen LogP contribution in [0.25, 0.3) is 0 Å². The molecular formula is C14H21N3O6S. The first kappa shape index (κ1) is 19.7. The molecule has 1 aromatic rings. The third kappa shape index (κ3) is 6.41. The summed E-state index contributed by atoms with van der Waals surface area (Å²) in [5, 5.41) is 14.2. The SMILES string of the molecule is CCCC(CC(=O)OCC)Nc1ccc(N[SH](=O)=O)cc1[N+](=O)[O-]. The Bertz CT molecular complexity index is 654. The van der Waals surface area contributed by atoms with Crippen molar-refractivity contribution in [2.24, 2.45) is 0 Å². The van der Waals surface area contributed by atoms with Gasteiger partial charge >= 0.3 is 5.97 Å². The lowest BCUT2D eigenvalue weighted by Gasteiger charge is -2.18. The molecule has 0 amide bonds. The van der Waals surface area contributed by atoms with Crippen molar-refractivity contribution in [3.63, 3.8) is 0 Å².